The van der Waals surface area contributed by atoms with Crippen LogP contribution in [-0.2, 0) is 25.8 Å². The summed E-state index contributed by atoms with van der Waals surface area (Å²) < 4.78 is 44.0. The van der Waals surface area contributed by atoms with Crippen molar-refractivity contribution in [2.75, 3.05) is 19.6 Å². The van der Waals surface area contributed by atoms with Crippen molar-refractivity contribution in [1.29, 1.82) is 0 Å². The zero-order valence-corrected chi connectivity index (χ0v) is 26.8. The van der Waals surface area contributed by atoms with E-state index in [4.69, 9.17) is 16.6 Å². The van der Waals surface area contributed by atoms with Crippen molar-refractivity contribution >= 4 is 50.0 Å². The first-order valence-electron chi connectivity index (χ1n) is 15.5. The highest BCUT2D eigenvalue weighted by Crippen LogP contribution is 2.37. The standard InChI is InChI=1S/C35H36ClF3N4OS/c1-2-3-19-42(34(44)33-32(36)27-13-7-8-14-30(27)45-33)23-31-40-28-20-26(35(37,38)39)15-16-29(28)43(31)22-25-12-6-5-11-24(25)21-41-17-9-4-10-18-41/h5-8,11-16,20H,2-4,9-10,17-19,21-23H2,1H3. The number of aromatic nitrogens is 2. The topological polar surface area (TPSA) is 41.4 Å². The van der Waals surface area contributed by atoms with Gasteiger partial charge in [-0.2, -0.15) is 13.2 Å². The summed E-state index contributed by atoms with van der Waals surface area (Å²) in [6.45, 7) is 6.05. The van der Waals surface area contributed by atoms with Crippen molar-refractivity contribution in [3.63, 3.8) is 0 Å². The van der Waals surface area contributed by atoms with Crippen molar-refractivity contribution < 1.29 is 18.0 Å². The van der Waals surface area contributed by atoms with Crippen LogP contribution in [0.3, 0.4) is 0 Å². The Morgan fingerprint density at radius 2 is 1.69 bits per heavy atom. The number of hydrogen-bond acceptors (Lipinski definition) is 4. The molecule has 0 spiro atoms. The van der Waals surface area contributed by atoms with Gasteiger partial charge in [-0.25, -0.2) is 4.98 Å². The van der Waals surface area contributed by atoms with Gasteiger partial charge >= 0.3 is 6.18 Å². The molecule has 2 aromatic heterocycles. The van der Waals surface area contributed by atoms with Crippen molar-refractivity contribution in [1.82, 2.24) is 19.4 Å². The molecule has 0 saturated carbocycles. The first-order valence-corrected chi connectivity index (χ1v) is 16.7. The van der Waals surface area contributed by atoms with Gasteiger partial charge in [0.1, 0.15) is 10.7 Å². The Morgan fingerprint density at radius 3 is 2.40 bits per heavy atom. The summed E-state index contributed by atoms with van der Waals surface area (Å²) in [5.41, 5.74) is 2.40. The molecule has 3 aromatic carbocycles. The smallest absolute Gasteiger partial charge is 0.330 e. The first kappa shape index (κ1) is 31.6. The third kappa shape index (κ3) is 6.90. The summed E-state index contributed by atoms with van der Waals surface area (Å²) in [6.07, 6.45) is 0.782. The van der Waals surface area contributed by atoms with E-state index in [1.165, 1.54) is 42.2 Å². The number of nitrogens with zero attached hydrogens (tertiary/aromatic N) is 4. The molecule has 1 aliphatic heterocycles. The number of imidazole rings is 1. The summed E-state index contributed by atoms with van der Waals surface area (Å²) >= 11 is 8.08. The second-order valence-electron chi connectivity index (χ2n) is 11.7. The fraction of sp³-hybridized carbons (Fsp3) is 0.371. The van der Waals surface area contributed by atoms with E-state index < -0.39 is 11.7 Å². The lowest BCUT2D eigenvalue weighted by molar-refractivity contribution is -0.137. The third-order valence-corrected chi connectivity index (χ3v) is 10.2. The van der Waals surface area contributed by atoms with Crippen LogP contribution < -0.4 is 0 Å². The number of piperidine rings is 1. The molecule has 45 heavy (non-hydrogen) atoms. The van der Waals surface area contributed by atoms with Gasteiger partial charge in [0.25, 0.3) is 5.91 Å². The van der Waals surface area contributed by atoms with E-state index in [2.05, 4.69) is 24.0 Å². The Kier molecular flexibility index (Phi) is 9.49. The maximum absolute atomic E-state index is 14.1. The lowest BCUT2D eigenvalue weighted by Gasteiger charge is -2.27. The zero-order chi connectivity index (χ0) is 31.6. The van der Waals surface area contributed by atoms with E-state index in [1.807, 2.05) is 41.0 Å². The molecule has 3 heterocycles. The number of carbonyl (C=O) groups is 1. The molecule has 1 fully saturated rings. The van der Waals surface area contributed by atoms with Crippen molar-refractivity contribution in [3.05, 3.63) is 99.1 Å². The maximum atomic E-state index is 14.1. The fourth-order valence-electron chi connectivity index (χ4n) is 6.12. The highest BCUT2D eigenvalue weighted by atomic mass is 35.5. The normalized spacial score (nSPS) is 14.4. The minimum atomic E-state index is -4.49. The number of thiophene rings is 1. The predicted molar refractivity (Wildman–Crippen MR) is 176 cm³/mol. The van der Waals surface area contributed by atoms with E-state index in [0.29, 0.717) is 34.3 Å². The van der Waals surface area contributed by atoms with E-state index in [1.54, 1.807) is 4.90 Å². The zero-order valence-electron chi connectivity index (χ0n) is 25.2. The van der Waals surface area contributed by atoms with Crippen molar-refractivity contribution in [2.45, 2.75) is 64.8 Å². The number of alkyl halides is 3. The monoisotopic (exact) mass is 652 g/mol. The van der Waals surface area contributed by atoms with Gasteiger partial charge in [-0.3, -0.25) is 9.69 Å². The largest absolute Gasteiger partial charge is 0.416 e. The molecular formula is C35H36ClF3N4OS. The molecule has 0 bridgehead atoms. The molecule has 6 rings (SSSR count). The van der Waals surface area contributed by atoms with Crippen LogP contribution in [0.4, 0.5) is 13.2 Å². The number of amides is 1. The molecule has 0 radical (unpaired) electrons. The van der Waals surface area contributed by atoms with Crippen LogP contribution in [0.5, 0.6) is 0 Å². The summed E-state index contributed by atoms with van der Waals surface area (Å²) in [5, 5.41) is 1.26. The molecule has 0 aliphatic carbocycles. The van der Waals surface area contributed by atoms with Gasteiger partial charge in [0.2, 0.25) is 0 Å². The summed E-state index contributed by atoms with van der Waals surface area (Å²) in [6, 6.07) is 19.6. The highest BCUT2D eigenvalue weighted by molar-refractivity contribution is 7.21. The lowest BCUT2D eigenvalue weighted by Crippen LogP contribution is -2.32. The Morgan fingerprint density at radius 1 is 0.978 bits per heavy atom. The molecular weight excluding hydrogens is 617 g/mol. The average Bonchev–Trinajstić information content (AvgIpc) is 3.56. The van der Waals surface area contributed by atoms with Gasteiger partial charge in [0.15, 0.2) is 0 Å². The number of hydrogen-bond donors (Lipinski definition) is 0. The number of carbonyl (C=O) groups excluding carboxylic acids is 1. The van der Waals surface area contributed by atoms with E-state index in [-0.39, 0.29) is 18.0 Å². The molecule has 10 heteroatoms. The fourth-order valence-corrected chi connectivity index (χ4v) is 7.60. The molecule has 0 N–H and O–H groups in total. The molecule has 5 nitrogen and oxygen atoms in total. The van der Waals surface area contributed by atoms with Gasteiger partial charge in [-0.15, -0.1) is 11.3 Å². The SMILES string of the molecule is CCCCN(Cc1nc2cc(C(F)(F)F)ccc2n1Cc1ccccc1CN1CCCCC1)C(=O)c1sc2ccccc2c1Cl. The average molecular weight is 653 g/mol. The molecule has 1 saturated heterocycles. The van der Waals surface area contributed by atoms with Gasteiger partial charge in [0, 0.05) is 29.7 Å². The third-order valence-electron chi connectivity index (χ3n) is 8.57. The molecule has 236 valence electrons. The maximum Gasteiger partial charge on any atom is 0.416 e. The van der Waals surface area contributed by atoms with Gasteiger partial charge < -0.3 is 9.47 Å². The predicted octanol–water partition coefficient (Wildman–Crippen LogP) is 9.40. The summed E-state index contributed by atoms with van der Waals surface area (Å²) in [5.74, 6) is 0.341. The first-order chi connectivity index (χ1) is 21.7. The number of fused-ring (bicyclic) bond motifs is 2. The number of rotatable bonds is 10. The van der Waals surface area contributed by atoms with Crippen LogP contribution in [0.15, 0.2) is 66.7 Å². The second-order valence-corrected chi connectivity index (χ2v) is 13.2. The minimum Gasteiger partial charge on any atom is -0.330 e. The van der Waals surface area contributed by atoms with Crippen LogP contribution in [0.2, 0.25) is 5.02 Å². The summed E-state index contributed by atoms with van der Waals surface area (Å²) in [4.78, 5) is 23.5. The molecule has 5 aromatic rings. The summed E-state index contributed by atoms with van der Waals surface area (Å²) in [7, 11) is 0. The molecule has 1 amide bonds. The van der Waals surface area contributed by atoms with Crippen LogP contribution in [-0.4, -0.2) is 44.9 Å². The Labute approximate surface area is 270 Å². The van der Waals surface area contributed by atoms with Gasteiger partial charge in [-0.05, 0) is 67.7 Å². The van der Waals surface area contributed by atoms with E-state index >= 15 is 0 Å². The number of halogens is 4. The Balaban J connectivity index is 1.39. The number of benzene rings is 3. The van der Waals surface area contributed by atoms with Gasteiger partial charge in [0.05, 0.1) is 28.2 Å². The van der Waals surface area contributed by atoms with Crippen LogP contribution in [0, 0.1) is 0 Å². The van der Waals surface area contributed by atoms with Crippen LogP contribution >= 0.6 is 22.9 Å². The van der Waals surface area contributed by atoms with E-state index in [0.717, 1.165) is 60.3 Å². The quantitative estimate of drug-likeness (QED) is 0.151. The minimum absolute atomic E-state index is 0.147. The van der Waals surface area contributed by atoms with Crippen LogP contribution in [0.1, 0.15) is 71.2 Å². The highest BCUT2D eigenvalue weighted by Gasteiger charge is 2.32. The lowest BCUT2D eigenvalue weighted by atomic mass is 10.0. The number of likely N-dealkylation sites (tertiary alicyclic amines) is 1. The van der Waals surface area contributed by atoms with Gasteiger partial charge in [-0.1, -0.05) is 73.8 Å². The van der Waals surface area contributed by atoms with Crippen molar-refractivity contribution in [2.24, 2.45) is 0 Å². The Hall–Kier alpha value is -3.40. The van der Waals surface area contributed by atoms with Crippen molar-refractivity contribution in [3.8, 4) is 0 Å². The molecule has 0 unspecified atom stereocenters. The van der Waals surface area contributed by atoms with E-state index in [9.17, 15) is 18.0 Å². The second kappa shape index (κ2) is 13.5. The number of unbranched alkanes of at least 4 members (excludes halogenated alkanes) is 1. The Bertz CT molecular complexity index is 1810. The van der Waals surface area contributed by atoms with Crippen LogP contribution in [0.25, 0.3) is 21.1 Å². The molecule has 0 atom stereocenters. The molecule has 1 aliphatic rings.